The molecule has 112 valence electrons. The number of fused-ring (bicyclic) bond motifs is 1. The van der Waals surface area contributed by atoms with Gasteiger partial charge in [-0.3, -0.25) is 0 Å². The summed E-state index contributed by atoms with van der Waals surface area (Å²) in [5.41, 5.74) is 8.58. The lowest BCUT2D eigenvalue weighted by atomic mass is 10.1. The van der Waals surface area contributed by atoms with E-state index in [9.17, 15) is 0 Å². The first-order valence-electron chi connectivity index (χ1n) is 7.15. The first kappa shape index (κ1) is 14.8. The van der Waals surface area contributed by atoms with E-state index in [0.717, 1.165) is 22.3 Å². The van der Waals surface area contributed by atoms with Gasteiger partial charge in [0.05, 0.1) is 5.52 Å². The Balaban J connectivity index is 2.15. The van der Waals surface area contributed by atoms with Crippen LogP contribution in [0, 0.1) is 6.92 Å². The topological polar surface area (TPSA) is 63.8 Å². The summed E-state index contributed by atoms with van der Waals surface area (Å²) in [4.78, 5) is 9.29. The Kier molecular flexibility index (Phi) is 4.22. The van der Waals surface area contributed by atoms with Crippen molar-refractivity contribution in [3.63, 3.8) is 0 Å². The lowest BCUT2D eigenvalue weighted by molar-refractivity contribution is 1.01. The van der Waals surface area contributed by atoms with Crippen LogP contribution in [0.1, 0.15) is 5.56 Å². The Hall–Kier alpha value is -2.17. The molecule has 0 aliphatic heterocycles. The average Bonchev–Trinajstić information content (AvgIpc) is 2.52. The van der Waals surface area contributed by atoms with E-state index >= 15 is 0 Å². The summed E-state index contributed by atoms with van der Waals surface area (Å²) < 4.78 is 0. The maximum atomic E-state index is 6.09. The Morgan fingerprint density at radius 3 is 2.59 bits per heavy atom. The van der Waals surface area contributed by atoms with Crippen molar-refractivity contribution in [2.45, 2.75) is 6.92 Å². The van der Waals surface area contributed by atoms with Crippen LogP contribution >= 0.6 is 11.6 Å². The van der Waals surface area contributed by atoms with Gasteiger partial charge in [0.1, 0.15) is 5.82 Å². The minimum Gasteiger partial charge on any atom is -0.368 e. The fourth-order valence-corrected chi connectivity index (χ4v) is 2.43. The molecule has 0 aliphatic rings. The molecule has 3 N–H and O–H groups in total. The zero-order valence-electron chi connectivity index (χ0n) is 12.3. The van der Waals surface area contributed by atoms with Crippen molar-refractivity contribution in [1.29, 1.82) is 0 Å². The lowest BCUT2D eigenvalue weighted by Crippen LogP contribution is -2.14. The number of nitrogens with zero attached hydrogens (tertiary/aromatic N) is 2. The van der Waals surface area contributed by atoms with Gasteiger partial charge in [0, 0.05) is 29.1 Å². The van der Waals surface area contributed by atoms with E-state index in [1.807, 2.05) is 42.5 Å². The Morgan fingerprint density at radius 1 is 1.09 bits per heavy atom. The lowest BCUT2D eigenvalue weighted by Gasteiger charge is -2.10. The molecule has 0 amide bonds. The van der Waals surface area contributed by atoms with Crippen molar-refractivity contribution < 1.29 is 0 Å². The molecule has 0 fully saturated rings. The van der Waals surface area contributed by atoms with Gasteiger partial charge in [0.25, 0.3) is 0 Å². The zero-order valence-corrected chi connectivity index (χ0v) is 13.1. The van der Waals surface area contributed by atoms with Crippen LogP contribution in [0.5, 0.6) is 0 Å². The number of hydrogen-bond donors (Lipinski definition) is 2. The van der Waals surface area contributed by atoms with E-state index in [2.05, 4.69) is 22.2 Å². The fraction of sp³-hybridized carbons (Fsp3) is 0.176. The van der Waals surface area contributed by atoms with Crippen molar-refractivity contribution in [3.05, 3.63) is 53.1 Å². The summed E-state index contributed by atoms with van der Waals surface area (Å²) in [6, 6.07) is 13.8. The largest absolute Gasteiger partial charge is 0.368 e. The predicted octanol–water partition coefficient (Wildman–Crippen LogP) is 3.63. The van der Waals surface area contributed by atoms with Gasteiger partial charge in [-0.15, -0.1) is 0 Å². The highest BCUT2D eigenvalue weighted by Gasteiger charge is 2.09. The molecule has 0 saturated heterocycles. The minimum atomic E-state index is 0.541. The van der Waals surface area contributed by atoms with Gasteiger partial charge in [-0.1, -0.05) is 41.4 Å². The van der Waals surface area contributed by atoms with Crippen LogP contribution in [0.25, 0.3) is 22.3 Å². The van der Waals surface area contributed by atoms with Crippen LogP contribution in [0.15, 0.2) is 42.5 Å². The number of halogens is 1. The van der Waals surface area contributed by atoms with Crippen molar-refractivity contribution in [1.82, 2.24) is 9.97 Å². The molecule has 2 aromatic carbocycles. The number of anilines is 1. The van der Waals surface area contributed by atoms with Crippen molar-refractivity contribution in [2.24, 2.45) is 5.73 Å². The molecule has 0 radical (unpaired) electrons. The molecule has 1 heterocycles. The summed E-state index contributed by atoms with van der Waals surface area (Å²) in [5.74, 6) is 1.46. The summed E-state index contributed by atoms with van der Waals surface area (Å²) in [5, 5.41) is 4.86. The summed E-state index contributed by atoms with van der Waals surface area (Å²) >= 11 is 6.09. The van der Waals surface area contributed by atoms with E-state index in [4.69, 9.17) is 17.3 Å². The van der Waals surface area contributed by atoms with Crippen LogP contribution < -0.4 is 11.1 Å². The molecule has 0 unspecified atom stereocenters. The molecular weight excluding hydrogens is 296 g/mol. The van der Waals surface area contributed by atoms with Crippen LogP contribution in [0.3, 0.4) is 0 Å². The van der Waals surface area contributed by atoms with Crippen LogP contribution in [-0.4, -0.2) is 23.1 Å². The fourth-order valence-electron chi connectivity index (χ4n) is 2.26. The normalized spacial score (nSPS) is 10.9. The van der Waals surface area contributed by atoms with E-state index in [1.54, 1.807) is 0 Å². The molecule has 5 heteroatoms. The number of aryl methyl sites for hydroxylation is 1. The van der Waals surface area contributed by atoms with Gasteiger partial charge in [-0.2, -0.15) is 0 Å². The number of benzene rings is 2. The van der Waals surface area contributed by atoms with E-state index in [-0.39, 0.29) is 0 Å². The molecule has 0 spiro atoms. The highest BCUT2D eigenvalue weighted by molar-refractivity contribution is 6.31. The van der Waals surface area contributed by atoms with E-state index in [0.29, 0.717) is 23.9 Å². The number of nitrogens with two attached hydrogens (primary N) is 1. The van der Waals surface area contributed by atoms with Crippen molar-refractivity contribution >= 4 is 28.3 Å². The second-order valence-corrected chi connectivity index (χ2v) is 5.58. The molecule has 0 bridgehead atoms. The molecule has 0 aliphatic carbocycles. The number of rotatable bonds is 4. The zero-order chi connectivity index (χ0) is 15.5. The van der Waals surface area contributed by atoms with Gasteiger partial charge >= 0.3 is 0 Å². The second-order valence-electron chi connectivity index (χ2n) is 5.14. The smallest absolute Gasteiger partial charge is 0.162 e. The van der Waals surface area contributed by atoms with Crippen molar-refractivity contribution in [3.8, 4) is 11.4 Å². The molecule has 0 atom stereocenters. The molecule has 3 aromatic rings. The highest BCUT2D eigenvalue weighted by atomic mass is 35.5. The van der Waals surface area contributed by atoms with Crippen LogP contribution in [0.2, 0.25) is 5.02 Å². The standard InChI is InChI=1S/C17H17ClN4/c1-11-2-4-12(5-3-11)16-21-15-10-13(18)6-7-14(15)17(22-16)20-9-8-19/h2-7,10H,8-9,19H2,1H3,(H,20,21,22). The Morgan fingerprint density at radius 2 is 1.86 bits per heavy atom. The van der Waals surface area contributed by atoms with Gasteiger partial charge < -0.3 is 11.1 Å². The Labute approximate surface area is 134 Å². The summed E-state index contributed by atoms with van der Waals surface area (Å²) in [6.07, 6.45) is 0. The SMILES string of the molecule is Cc1ccc(-c2nc(NCCN)c3ccc(Cl)cc3n2)cc1. The third-order valence-electron chi connectivity index (χ3n) is 3.41. The second kappa shape index (κ2) is 6.30. The monoisotopic (exact) mass is 312 g/mol. The molecule has 4 nitrogen and oxygen atoms in total. The third-order valence-corrected chi connectivity index (χ3v) is 3.64. The number of nitrogens with one attached hydrogen (secondary N) is 1. The average molecular weight is 313 g/mol. The van der Waals surface area contributed by atoms with Crippen molar-refractivity contribution in [2.75, 3.05) is 18.4 Å². The van der Waals surface area contributed by atoms with E-state index < -0.39 is 0 Å². The highest BCUT2D eigenvalue weighted by Crippen LogP contribution is 2.27. The maximum Gasteiger partial charge on any atom is 0.162 e. The predicted molar refractivity (Wildman–Crippen MR) is 92.3 cm³/mol. The summed E-state index contributed by atoms with van der Waals surface area (Å²) in [6.45, 7) is 3.25. The molecule has 1 aromatic heterocycles. The quantitative estimate of drug-likeness (QED) is 0.772. The minimum absolute atomic E-state index is 0.541. The molecular formula is C17H17ClN4. The number of aromatic nitrogens is 2. The molecule has 22 heavy (non-hydrogen) atoms. The van der Waals surface area contributed by atoms with Crippen LogP contribution in [-0.2, 0) is 0 Å². The Bertz CT molecular complexity index is 800. The van der Waals surface area contributed by atoms with Gasteiger partial charge in [-0.05, 0) is 25.1 Å². The van der Waals surface area contributed by atoms with Gasteiger partial charge in [0.2, 0.25) is 0 Å². The summed E-state index contributed by atoms with van der Waals surface area (Å²) in [7, 11) is 0. The van der Waals surface area contributed by atoms with Crippen LogP contribution in [0.4, 0.5) is 5.82 Å². The maximum absolute atomic E-state index is 6.09. The van der Waals surface area contributed by atoms with Gasteiger partial charge in [0.15, 0.2) is 5.82 Å². The first-order chi connectivity index (χ1) is 10.7. The van der Waals surface area contributed by atoms with Gasteiger partial charge in [-0.25, -0.2) is 9.97 Å². The third kappa shape index (κ3) is 3.03. The van der Waals surface area contributed by atoms with E-state index in [1.165, 1.54) is 5.56 Å². The first-order valence-corrected chi connectivity index (χ1v) is 7.53. The molecule has 0 saturated carbocycles. The molecule has 3 rings (SSSR count). The number of hydrogen-bond acceptors (Lipinski definition) is 4.